The van der Waals surface area contributed by atoms with E-state index in [1.54, 1.807) is 29.2 Å². The molecular formula is C24H27F3N2O3. The average molecular weight is 448 g/mol. The van der Waals surface area contributed by atoms with Gasteiger partial charge in [-0.15, -0.1) is 0 Å². The Hall–Kier alpha value is -2.90. The first-order valence-corrected chi connectivity index (χ1v) is 10.9. The first kappa shape index (κ1) is 22.3. The molecule has 2 aliphatic rings. The summed E-state index contributed by atoms with van der Waals surface area (Å²) in [6.45, 7) is 1.58. The Balaban J connectivity index is 1.36. The molecule has 1 N–H and O–H groups in total. The SMILES string of the molecule is O=C(O)C[C@H]1C[C@@H](C(F)(F)F)CN1c1ccc(OC2CCN(c3ccccc3)CC2)cc1. The van der Waals surface area contributed by atoms with Gasteiger partial charge >= 0.3 is 12.1 Å². The second-order valence-electron chi connectivity index (χ2n) is 8.51. The van der Waals surface area contributed by atoms with Crippen LogP contribution in [0.4, 0.5) is 24.5 Å². The van der Waals surface area contributed by atoms with Crippen LogP contribution in [0.25, 0.3) is 0 Å². The first-order valence-electron chi connectivity index (χ1n) is 10.9. The summed E-state index contributed by atoms with van der Waals surface area (Å²) in [6, 6.07) is 16.5. The summed E-state index contributed by atoms with van der Waals surface area (Å²) in [5.74, 6) is -1.93. The number of benzene rings is 2. The average Bonchev–Trinajstić information content (AvgIpc) is 3.19. The Labute approximate surface area is 185 Å². The van der Waals surface area contributed by atoms with Crippen molar-refractivity contribution in [3.63, 3.8) is 0 Å². The van der Waals surface area contributed by atoms with Crippen molar-refractivity contribution in [2.75, 3.05) is 29.4 Å². The van der Waals surface area contributed by atoms with Crippen LogP contribution < -0.4 is 14.5 Å². The molecule has 2 fully saturated rings. The number of aliphatic carboxylic acids is 1. The minimum atomic E-state index is -4.33. The largest absolute Gasteiger partial charge is 0.490 e. The van der Waals surface area contributed by atoms with Crippen LogP contribution in [0.2, 0.25) is 0 Å². The number of anilines is 2. The number of hydrogen-bond acceptors (Lipinski definition) is 4. The maximum Gasteiger partial charge on any atom is 0.393 e. The van der Waals surface area contributed by atoms with Crippen molar-refractivity contribution >= 4 is 17.3 Å². The van der Waals surface area contributed by atoms with Crippen LogP contribution in [0.1, 0.15) is 25.7 Å². The predicted molar refractivity (Wildman–Crippen MR) is 116 cm³/mol. The molecule has 2 aromatic rings. The lowest BCUT2D eigenvalue weighted by Gasteiger charge is -2.33. The van der Waals surface area contributed by atoms with E-state index in [0.717, 1.165) is 25.9 Å². The predicted octanol–water partition coefficient (Wildman–Crippen LogP) is 4.97. The van der Waals surface area contributed by atoms with Crippen LogP contribution in [-0.2, 0) is 4.79 Å². The molecule has 32 heavy (non-hydrogen) atoms. The zero-order chi connectivity index (χ0) is 22.7. The zero-order valence-corrected chi connectivity index (χ0v) is 17.7. The summed E-state index contributed by atoms with van der Waals surface area (Å²) in [6.07, 6.45) is -2.99. The number of alkyl halides is 3. The van der Waals surface area contributed by atoms with Crippen LogP contribution in [0.3, 0.4) is 0 Å². The van der Waals surface area contributed by atoms with E-state index in [1.807, 2.05) is 18.2 Å². The molecule has 0 amide bonds. The Morgan fingerprint density at radius 2 is 1.66 bits per heavy atom. The lowest BCUT2D eigenvalue weighted by molar-refractivity contribution is -0.169. The Morgan fingerprint density at radius 1 is 1.00 bits per heavy atom. The number of carbonyl (C=O) groups is 1. The Bertz CT molecular complexity index is 897. The van der Waals surface area contributed by atoms with Gasteiger partial charge in [0.15, 0.2) is 0 Å². The maximum absolute atomic E-state index is 13.2. The van der Waals surface area contributed by atoms with Gasteiger partial charge in [-0.3, -0.25) is 4.79 Å². The fourth-order valence-corrected chi connectivity index (χ4v) is 4.64. The summed E-state index contributed by atoms with van der Waals surface area (Å²) in [5, 5.41) is 9.11. The molecule has 0 saturated carbocycles. The topological polar surface area (TPSA) is 53.0 Å². The van der Waals surface area contributed by atoms with Crippen molar-refractivity contribution in [3.8, 4) is 5.75 Å². The molecule has 172 valence electrons. The summed E-state index contributed by atoms with van der Waals surface area (Å²) in [4.78, 5) is 15.0. The maximum atomic E-state index is 13.2. The minimum absolute atomic E-state index is 0.0852. The molecule has 0 bridgehead atoms. The normalized spacial score (nSPS) is 22.2. The van der Waals surface area contributed by atoms with Gasteiger partial charge in [-0.25, -0.2) is 0 Å². The van der Waals surface area contributed by atoms with Crippen molar-refractivity contribution < 1.29 is 27.8 Å². The van der Waals surface area contributed by atoms with Crippen molar-refractivity contribution in [1.29, 1.82) is 0 Å². The van der Waals surface area contributed by atoms with Crippen LogP contribution in [0.5, 0.6) is 5.75 Å². The molecule has 2 aliphatic heterocycles. The smallest absolute Gasteiger partial charge is 0.393 e. The number of carboxylic acids is 1. The summed E-state index contributed by atoms with van der Waals surface area (Å²) >= 11 is 0. The molecule has 0 spiro atoms. The lowest BCUT2D eigenvalue weighted by Crippen LogP contribution is -2.38. The summed E-state index contributed by atoms with van der Waals surface area (Å²) < 4.78 is 45.8. The van der Waals surface area contributed by atoms with E-state index in [4.69, 9.17) is 9.84 Å². The quantitative estimate of drug-likeness (QED) is 0.677. The highest BCUT2D eigenvalue weighted by atomic mass is 19.4. The molecule has 0 radical (unpaired) electrons. The number of piperidine rings is 1. The third-order valence-corrected chi connectivity index (χ3v) is 6.32. The summed E-state index contributed by atoms with van der Waals surface area (Å²) in [5.41, 5.74) is 1.79. The fraction of sp³-hybridized carbons (Fsp3) is 0.458. The van der Waals surface area contributed by atoms with Crippen molar-refractivity contribution in [3.05, 3.63) is 54.6 Å². The first-order chi connectivity index (χ1) is 15.3. The van der Waals surface area contributed by atoms with Crippen molar-refractivity contribution in [2.45, 2.75) is 44.0 Å². The molecule has 2 saturated heterocycles. The second kappa shape index (κ2) is 9.30. The molecule has 0 aliphatic carbocycles. The molecule has 0 aromatic heterocycles. The molecule has 8 heteroatoms. The van der Waals surface area contributed by atoms with Gasteiger partial charge in [-0.2, -0.15) is 13.2 Å². The number of hydrogen-bond donors (Lipinski definition) is 1. The van der Waals surface area contributed by atoms with E-state index in [-0.39, 0.29) is 25.5 Å². The van der Waals surface area contributed by atoms with E-state index < -0.39 is 24.1 Å². The van der Waals surface area contributed by atoms with Crippen LogP contribution >= 0.6 is 0 Å². The number of ether oxygens (including phenoxy) is 1. The Kier molecular flexibility index (Phi) is 6.48. The second-order valence-corrected chi connectivity index (χ2v) is 8.51. The van der Waals surface area contributed by atoms with E-state index in [2.05, 4.69) is 17.0 Å². The van der Waals surface area contributed by atoms with Crippen LogP contribution in [0.15, 0.2) is 54.6 Å². The number of carboxylic acid groups (broad SMARTS) is 1. The van der Waals surface area contributed by atoms with Gasteiger partial charge in [0, 0.05) is 49.9 Å². The van der Waals surface area contributed by atoms with Crippen LogP contribution in [0, 0.1) is 5.92 Å². The molecular weight excluding hydrogens is 421 g/mol. The highest BCUT2D eigenvalue weighted by Gasteiger charge is 2.47. The van der Waals surface area contributed by atoms with Gasteiger partial charge in [-0.1, -0.05) is 18.2 Å². The van der Waals surface area contributed by atoms with E-state index in [1.165, 1.54) is 5.69 Å². The van der Waals surface area contributed by atoms with Gasteiger partial charge in [0.05, 0.1) is 12.3 Å². The Morgan fingerprint density at radius 3 is 2.25 bits per heavy atom. The molecule has 5 nitrogen and oxygen atoms in total. The molecule has 2 atom stereocenters. The number of rotatable bonds is 6. The highest BCUT2D eigenvalue weighted by Crippen LogP contribution is 2.40. The zero-order valence-electron chi connectivity index (χ0n) is 17.7. The highest BCUT2D eigenvalue weighted by molar-refractivity contribution is 5.69. The van der Waals surface area contributed by atoms with Gasteiger partial charge in [0.2, 0.25) is 0 Å². The van der Waals surface area contributed by atoms with Gasteiger partial charge in [-0.05, 0) is 42.8 Å². The molecule has 2 aromatic carbocycles. The third-order valence-electron chi connectivity index (χ3n) is 6.32. The van der Waals surface area contributed by atoms with E-state index in [0.29, 0.717) is 11.4 Å². The molecule has 2 heterocycles. The van der Waals surface area contributed by atoms with Gasteiger partial charge in [0.25, 0.3) is 0 Å². The van der Waals surface area contributed by atoms with Crippen molar-refractivity contribution in [2.24, 2.45) is 5.92 Å². The van der Waals surface area contributed by atoms with Crippen molar-refractivity contribution in [1.82, 2.24) is 0 Å². The number of nitrogens with zero attached hydrogens (tertiary/aromatic N) is 2. The van der Waals surface area contributed by atoms with Gasteiger partial charge in [0.1, 0.15) is 11.9 Å². The van der Waals surface area contributed by atoms with E-state index >= 15 is 0 Å². The molecule has 0 unspecified atom stereocenters. The third kappa shape index (κ3) is 5.29. The van der Waals surface area contributed by atoms with E-state index in [9.17, 15) is 18.0 Å². The number of halogens is 3. The van der Waals surface area contributed by atoms with Crippen LogP contribution in [-0.4, -0.2) is 49.0 Å². The monoisotopic (exact) mass is 448 g/mol. The number of para-hydroxylation sites is 1. The lowest BCUT2D eigenvalue weighted by atomic mass is 10.0. The van der Waals surface area contributed by atoms with Gasteiger partial charge < -0.3 is 19.6 Å². The standard InChI is InChI=1S/C24H27F3N2O3/c25-24(26,27)17-14-20(15-23(30)31)29(16-17)19-6-8-21(9-7-19)32-22-10-12-28(13-11-22)18-4-2-1-3-5-18/h1-9,17,20,22H,10-16H2,(H,30,31)/t17-,20-/m1/s1. The summed E-state index contributed by atoms with van der Waals surface area (Å²) in [7, 11) is 0. The fourth-order valence-electron chi connectivity index (χ4n) is 4.64. The minimum Gasteiger partial charge on any atom is -0.490 e. The molecule has 4 rings (SSSR count).